The van der Waals surface area contributed by atoms with Crippen molar-refractivity contribution in [2.75, 3.05) is 7.11 Å². The number of H-pyrrole nitrogens is 1. The van der Waals surface area contributed by atoms with E-state index in [4.69, 9.17) is 33.0 Å². The Morgan fingerprint density at radius 1 is 0.925 bits per heavy atom. The number of ether oxygens (including phenoxy) is 1. The molecule has 1 aliphatic rings. The van der Waals surface area contributed by atoms with Crippen molar-refractivity contribution in [3.8, 4) is 16.9 Å². The standard InChI is InChI=1S/C32H23Cl2N3O3/c1-40-22-14-11-19(12-15-22)28-18-27(36-37(28)32(39)23-9-5-6-10-25(23)34)30-29(20-7-3-2-4-8-20)24-17-21(33)13-16-26(24)35-31(30)38/h2-17,28H,18H2,1H3,(H,35,38)/t28-/m0/s1. The predicted molar refractivity (Wildman–Crippen MR) is 160 cm³/mol. The molecule has 0 fully saturated rings. The Balaban J connectivity index is 1.57. The maximum Gasteiger partial charge on any atom is 0.276 e. The zero-order chi connectivity index (χ0) is 27.8. The predicted octanol–water partition coefficient (Wildman–Crippen LogP) is 7.50. The summed E-state index contributed by atoms with van der Waals surface area (Å²) in [6.07, 6.45) is 0.317. The second-order valence-corrected chi connectivity index (χ2v) is 10.3. The highest BCUT2D eigenvalue weighted by Crippen LogP contribution is 2.39. The summed E-state index contributed by atoms with van der Waals surface area (Å²) in [7, 11) is 1.60. The van der Waals surface area contributed by atoms with E-state index in [1.54, 1.807) is 43.5 Å². The van der Waals surface area contributed by atoms with E-state index in [1.807, 2.05) is 60.7 Å². The van der Waals surface area contributed by atoms with Gasteiger partial charge in [0.15, 0.2) is 0 Å². The number of methoxy groups -OCH3 is 1. The number of aromatic amines is 1. The molecule has 0 saturated carbocycles. The summed E-state index contributed by atoms with van der Waals surface area (Å²) < 4.78 is 5.33. The van der Waals surface area contributed by atoms with Gasteiger partial charge in [-0.15, -0.1) is 0 Å². The fourth-order valence-corrected chi connectivity index (χ4v) is 5.53. The first-order valence-electron chi connectivity index (χ1n) is 12.7. The molecule has 1 atom stereocenters. The second-order valence-electron chi connectivity index (χ2n) is 9.43. The van der Waals surface area contributed by atoms with Gasteiger partial charge < -0.3 is 9.72 Å². The Morgan fingerprint density at radius 3 is 2.38 bits per heavy atom. The Labute approximate surface area is 240 Å². The molecule has 6 rings (SSSR count). The number of halogens is 2. The molecule has 0 unspecified atom stereocenters. The number of pyridine rings is 1. The van der Waals surface area contributed by atoms with Crippen molar-refractivity contribution in [2.45, 2.75) is 12.5 Å². The van der Waals surface area contributed by atoms with Crippen molar-refractivity contribution in [3.05, 3.63) is 134 Å². The van der Waals surface area contributed by atoms with Crippen LogP contribution in [-0.2, 0) is 0 Å². The van der Waals surface area contributed by atoms with Gasteiger partial charge in [-0.2, -0.15) is 5.10 Å². The van der Waals surface area contributed by atoms with Gasteiger partial charge in [-0.3, -0.25) is 9.59 Å². The average Bonchev–Trinajstić information content (AvgIpc) is 3.42. The van der Waals surface area contributed by atoms with Crippen LogP contribution in [-0.4, -0.2) is 28.7 Å². The minimum absolute atomic E-state index is 0.298. The summed E-state index contributed by atoms with van der Waals surface area (Å²) in [4.78, 5) is 30.6. The molecule has 40 heavy (non-hydrogen) atoms. The lowest BCUT2D eigenvalue weighted by molar-refractivity contribution is 0.0711. The lowest BCUT2D eigenvalue weighted by Gasteiger charge is -2.22. The zero-order valence-electron chi connectivity index (χ0n) is 21.4. The number of amides is 1. The Bertz CT molecular complexity index is 1830. The highest BCUT2D eigenvalue weighted by Gasteiger charge is 2.36. The molecular weight excluding hydrogens is 545 g/mol. The van der Waals surface area contributed by atoms with E-state index in [1.165, 1.54) is 5.01 Å². The molecule has 5 aromatic rings. The quantitative estimate of drug-likeness (QED) is 0.239. The van der Waals surface area contributed by atoms with Gasteiger partial charge in [-0.25, -0.2) is 5.01 Å². The normalized spacial score (nSPS) is 14.8. The molecule has 0 bridgehead atoms. The third-order valence-corrected chi connectivity index (χ3v) is 7.62. The molecule has 4 aromatic carbocycles. The first kappa shape index (κ1) is 25.9. The van der Waals surface area contributed by atoms with Gasteiger partial charge in [-0.05, 0) is 53.6 Å². The average molecular weight is 568 g/mol. The Morgan fingerprint density at radius 2 is 1.65 bits per heavy atom. The van der Waals surface area contributed by atoms with Crippen LogP contribution in [0.4, 0.5) is 0 Å². The zero-order valence-corrected chi connectivity index (χ0v) is 22.9. The number of nitrogens with zero attached hydrogens (tertiary/aromatic N) is 2. The third-order valence-electron chi connectivity index (χ3n) is 7.05. The second kappa shape index (κ2) is 10.6. The van der Waals surface area contributed by atoms with Gasteiger partial charge in [-0.1, -0.05) is 77.8 Å². The molecule has 1 amide bonds. The van der Waals surface area contributed by atoms with Crippen LogP contribution in [0, 0.1) is 0 Å². The molecular formula is C32H23Cl2N3O3. The van der Waals surface area contributed by atoms with E-state index in [0.717, 1.165) is 16.5 Å². The number of aromatic nitrogens is 1. The maximum atomic E-state index is 13.9. The molecule has 1 N–H and O–H groups in total. The molecule has 0 saturated heterocycles. The molecule has 0 radical (unpaired) electrons. The first-order valence-corrected chi connectivity index (χ1v) is 13.4. The third kappa shape index (κ3) is 4.66. The Kier molecular flexibility index (Phi) is 6.88. The SMILES string of the molecule is COc1ccc([C@@H]2CC(c3c(-c4ccccc4)c4cc(Cl)ccc4[nH]c3=O)=NN2C(=O)c2ccccc2Cl)cc1. The van der Waals surface area contributed by atoms with E-state index in [2.05, 4.69) is 4.98 Å². The summed E-state index contributed by atoms with van der Waals surface area (Å²) >= 11 is 12.8. The molecule has 1 aliphatic heterocycles. The smallest absolute Gasteiger partial charge is 0.276 e. The van der Waals surface area contributed by atoms with Crippen LogP contribution < -0.4 is 10.3 Å². The van der Waals surface area contributed by atoms with Crippen molar-refractivity contribution < 1.29 is 9.53 Å². The first-order chi connectivity index (χ1) is 19.4. The topological polar surface area (TPSA) is 74.8 Å². The van der Waals surface area contributed by atoms with Crippen molar-refractivity contribution in [1.82, 2.24) is 9.99 Å². The monoisotopic (exact) mass is 567 g/mol. The van der Waals surface area contributed by atoms with Crippen molar-refractivity contribution in [3.63, 3.8) is 0 Å². The number of rotatable bonds is 5. The lowest BCUT2D eigenvalue weighted by Crippen LogP contribution is -2.27. The van der Waals surface area contributed by atoms with E-state index in [0.29, 0.717) is 50.1 Å². The van der Waals surface area contributed by atoms with Crippen molar-refractivity contribution in [1.29, 1.82) is 0 Å². The van der Waals surface area contributed by atoms with E-state index in [9.17, 15) is 9.59 Å². The van der Waals surface area contributed by atoms with Crippen LogP contribution >= 0.6 is 23.2 Å². The number of fused-ring (bicyclic) bond motifs is 1. The van der Waals surface area contributed by atoms with Crippen LogP contribution in [0.3, 0.4) is 0 Å². The van der Waals surface area contributed by atoms with Crippen molar-refractivity contribution >= 4 is 45.7 Å². The van der Waals surface area contributed by atoms with Crippen LogP contribution in [0.25, 0.3) is 22.0 Å². The van der Waals surface area contributed by atoms with E-state index in [-0.39, 0.29) is 11.5 Å². The minimum Gasteiger partial charge on any atom is -0.497 e. The molecule has 8 heteroatoms. The molecule has 1 aromatic heterocycles. The van der Waals surface area contributed by atoms with Gasteiger partial charge in [0.2, 0.25) is 0 Å². The number of nitrogens with one attached hydrogen (secondary N) is 1. The van der Waals surface area contributed by atoms with Crippen LogP contribution in [0.2, 0.25) is 10.0 Å². The van der Waals surface area contributed by atoms with Crippen LogP contribution in [0.1, 0.15) is 33.9 Å². The van der Waals surface area contributed by atoms with Gasteiger partial charge in [0.25, 0.3) is 11.5 Å². The van der Waals surface area contributed by atoms with Gasteiger partial charge in [0.05, 0.1) is 35.0 Å². The molecule has 198 valence electrons. The number of carbonyl (C=O) groups is 1. The van der Waals surface area contributed by atoms with Crippen LogP contribution in [0.15, 0.2) is 107 Å². The highest BCUT2D eigenvalue weighted by atomic mass is 35.5. The summed E-state index contributed by atoms with van der Waals surface area (Å²) in [5.41, 5.74) is 3.98. The molecule has 0 spiro atoms. The van der Waals surface area contributed by atoms with E-state index < -0.39 is 6.04 Å². The summed E-state index contributed by atoms with van der Waals surface area (Å²) in [6.45, 7) is 0. The number of hydrogen-bond donors (Lipinski definition) is 1. The Hall–Kier alpha value is -4.39. The summed E-state index contributed by atoms with van der Waals surface area (Å²) in [5.74, 6) is 0.337. The molecule has 0 aliphatic carbocycles. The largest absolute Gasteiger partial charge is 0.497 e. The fraction of sp³-hybridized carbons (Fsp3) is 0.0938. The fourth-order valence-electron chi connectivity index (χ4n) is 5.14. The van der Waals surface area contributed by atoms with Gasteiger partial charge >= 0.3 is 0 Å². The highest BCUT2D eigenvalue weighted by molar-refractivity contribution is 6.34. The van der Waals surface area contributed by atoms with E-state index >= 15 is 0 Å². The van der Waals surface area contributed by atoms with Gasteiger partial charge in [0.1, 0.15) is 5.75 Å². The summed E-state index contributed by atoms with van der Waals surface area (Å²) in [6, 6.07) is 28.9. The number of hydrogen-bond acceptors (Lipinski definition) is 4. The minimum atomic E-state index is -0.470. The lowest BCUT2D eigenvalue weighted by atomic mass is 9.91. The molecule has 2 heterocycles. The number of hydrazone groups is 1. The number of carbonyl (C=O) groups excluding carboxylic acids is 1. The molecule has 6 nitrogen and oxygen atoms in total. The van der Waals surface area contributed by atoms with Crippen LogP contribution in [0.5, 0.6) is 5.75 Å². The maximum absolute atomic E-state index is 13.9. The number of benzene rings is 4. The van der Waals surface area contributed by atoms with Crippen molar-refractivity contribution in [2.24, 2.45) is 5.10 Å². The summed E-state index contributed by atoms with van der Waals surface area (Å²) in [5, 5.41) is 7.89. The van der Waals surface area contributed by atoms with Gasteiger partial charge in [0, 0.05) is 27.9 Å².